The molecule has 2 atom stereocenters. The fraction of sp³-hybridized carbons (Fsp3) is 0.517. The Morgan fingerprint density at radius 3 is 2.47 bits per heavy atom. The van der Waals surface area contributed by atoms with Gasteiger partial charge in [0.05, 0.1) is 13.2 Å². The van der Waals surface area contributed by atoms with Gasteiger partial charge >= 0.3 is 12.6 Å². The lowest BCUT2D eigenvalue weighted by Crippen LogP contribution is -2.50. The van der Waals surface area contributed by atoms with Crippen LogP contribution >= 0.6 is 0 Å². The predicted molar refractivity (Wildman–Crippen MR) is 138 cm³/mol. The molecule has 3 aliphatic rings. The fourth-order valence-electron chi connectivity index (χ4n) is 5.63. The number of fused-ring (bicyclic) bond motifs is 1. The molecule has 0 spiro atoms. The second-order valence-corrected chi connectivity index (χ2v) is 10.5. The number of hydrogen-bond donors (Lipinski definition) is 0. The van der Waals surface area contributed by atoms with Crippen LogP contribution in [0.15, 0.2) is 36.4 Å². The van der Waals surface area contributed by atoms with Gasteiger partial charge < -0.3 is 19.1 Å². The molecule has 1 amide bonds. The first-order valence-electron chi connectivity index (χ1n) is 13.3. The quantitative estimate of drug-likeness (QED) is 0.425. The van der Waals surface area contributed by atoms with Crippen molar-refractivity contribution in [1.82, 2.24) is 4.90 Å². The van der Waals surface area contributed by atoms with Crippen molar-refractivity contribution in [3.8, 4) is 11.5 Å². The number of esters is 1. The van der Waals surface area contributed by atoms with Crippen molar-refractivity contribution in [2.45, 2.75) is 83.2 Å². The molecule has 1 saturated heterocycles. The first kappa shape index (κ1) is 26.4. The number of benzene rings is 2. The van der Waals surface area contributed by atoms with Crippen LogP contribution in [-0.2, 0) is 27.4 Å². The van der Waals surface area contributed by atoms with E-state index in [1.165, 1.54) is 7.11 Å². The maximum absolute atomic E-state index is 13.6. The minimum atomic E-state index is -2.92. The van der Waals surface area contributed by atoms with Crippen molar-refractivity contribution in [3.05, 3.63) is 53.1 Å². The molecular formula is C29H34F2N2O5. The summed E-state index contributed by atoms with van der Waals surface area (Å²) in [6.45, 7) is 1.71. The zero-order valence-electron chi connectivity index (χ0n) is 22.0. The Labute approximate surface area is 221 Å². The highest BCUT2D eigenvalue weighted by Gasteiger charge is 2.50. The summed E-state index contributed by atoms with van der Waals surface area (Å²) < 4.78 is 41.7. The molecule has 1 saturated carbocycles. The van der Waals surface area contributed by atoms with E-state index in [1.54, 1.807) is 18.2 Å². The lowest BCUT2D eigenvalue weighted by atomic mass is 10.0. The number of carbonyl (C=O) groups is 2. The maximum Gasteiger partial charge on any atom is 0.387 e. The maximum atomic E-state index is 13.6. The zero-order chi connectivity index (χ0) is 27.0. The van der Waals surface area contributed by atoms with Gasteiger partial charge in [0.1, 0.15) is 24.1 Å². The average molecular weight is 529 g/mol. The molecule has 0 unspecified atom stereocenters. The van der Waals surface area contributed by atoms with Crippen LogP contribution in [0.3, 0.4) is 0 Å². The fourth-order valence-corrected chi connectivity index (χ4v) is 5.63. The topological polar surface area (TPSA) is 68.3 Å². The van der Waals surface area contributed by atoms with Gasteiger partial charge in [-0.25, -0.2) is 0 Å². The first-order valence-corrected chi connectivity index (χ1v) is 13.3. The Balaban J connectivity index is 1.28. The third-order valence-electron chi connectivity index (χ3n) is 7.74. The van der Waals surface area contributed by atoms with E-state index in [0.29, 0.717) is 37.1 Å². The summed E-state index contributed by atoms with van der Waals surface area (Å²) in [5.74, 6) is 0.650. The van der Waals surface area contributed by atoms with Crippen molar-refractivity contribution in [2.75, 3.05) is 18.6 Å². The van der Waals surface area contributed by atoms with Crippen molar-refractivity contribution in [3.63, 3.8) is 0 Å². The number of rotatable bonds is 9. The van der Waals surface area contributed by atoms with E-state index in [4.69, 9.17) is 14.2 Å². The van der Waals surface area contributed by atoms with Gasteiger partial charge in [0, 0.05) is 23.8 Å². The molecule has 9 heteroatoms. The van der Waals surface area contributed by atoms with Gasteiger partial charge in [-0.15, -0.1) is 0 Å². The summed E-state index contributed by atoms with van der Waals surface area (Å²) in [6, 6.07) is 10.5. The highest BCUT2D eigenvalue weighted by molar-refractivity contribution is 6.00. The van der Waals surface area contributed by atoms with Gasteiger partial charge in [-0.1, -0.05) is 26.0 Å². The van der Waals surface area contributed by atoms with E-state index in [1.807, 2.05) is 36.9 Å². The van der Waals surface area contributed by atoms with E-state index >= 15 is 0 Å². The number of likely N-dealkylation sites (tertiary alicyclic amines) is 1. The van der Waals surface area contributed by atoms with Gasteiger partial charge in [-0.05, 0) is 73.4 Å². The van der Waals surface area contributed by atoms with Crippen LogP contribution in [0.5, 0.6) is 11.5 Å². The molecule has 0 radical (unpaired) electrons. The Morgan fingerprint density at radius 2 is 1.79 bits per heavy atom. The van der Waals surface area contributed by atoms with Gasteiger partial charge in [-0.2, -0.15) is 8.78 Å². The number of nitrogens with zero attached hydrogens (tertiary/aromatic N) is 2. The van der Waals surface area contributed by atoms with E-state index in [9.17, 15) is 18.4 Å². The summed E-state index contributed by atoms with van der Waals surface area (Å²) in [4.78, 5) is 29.8. The van der Waals surface area contributed by atoms with Crippen molar-refractivity contribution in [1.29, 1.82) is 0 Å². The van der Waals surface area contributed by atoms with Crippen molar-refractivity contribution >= 4 is 17.6 Å². The average Bonchev–Trinajstić information content (AvgIpc) is 3.49. The number of halogens is 2. The third-order valence-corrected chi connectivity index (χ3v) is 7.74. The number of amides is 1. The number of hydrogen-bond acceptors (Lipinski definition) is 6. The Hall–Kier alpha value is -3.20. The zero-order valence-corrected chi connectivity index (χ0v) is 22.0. The highest BCUT2D eigenvalue weighted by atomic mass is 19.3. The second-order valence-electron chi connectivity index (χ2n) is 10.5. The molecular weight excluding hydrogens is 494 g/mol. The lowest BCUT2D eigenvalue weighted by molar-refractivity contribution is -0.147. The summed E-state index contributed by atoms with van der Waals surface area (Å²) in [6.07, 6.45) is 3.96. The molecule has 204 valence electrons. The van der Waals surface area contributed by atoms with Gasteiger partial charge in [0.15, 0.2) is 0 Å². The summed E-state index contributed by atoms with van der Waals surface area (Å²) in [5, 5.41) is 0. The molecule has 2 aliphatic heterocycles. The van der Waals surface area contributed by atoms with Gasteiger partial charge in [0.2, 0.25) is 5.91 Å². The number of anilines is 1. The standard InChI is InChI=1S/C29H34F2N2O5/c1-17(2)18-4-5-20(26(15-18)38-29(30)31)16-37-22-8-9-23-19(14-22)12-13-32(23)27(34)24-10-11-25(28(35)36-3)33(24)21-6-7-21/h4-5,8-9,14-15,17,21,24-25,29H,6-7,10-13,16H2,1-3H3/t24-,25-/m0/s1. The van der Waals surface area contributed by atoms with Crippen LogP contribution in [0.2, 0.25) is 0 Å². The minimum Gasteiger partial charge on any atom is -0.489 e. The molecule has 2 heterocycles. The molecule has 2 fully saturated rings. The lowest BCUT2D eigenvalue weighted by Gasteiger charge is -2.31. The largest absolute Gasteiger partial charge is 0.489 e. The van der Waals surface area contributed by atoms with Crippen LogP contribution in [0, 0.1) is 0 Å². The number of carbonyl (C=O) groups excluding carboxylic acids is 2. The van der Waals surface area contributed by atoms with Crippen LogP contribution in [-0.4, -0.2) is 55.2 Å². The smallest absolute Gasteiger partial charge is 0.387 e. The summed E-state index contributed by atoms with van der Waals surface area (Å²) in [5.41, 5.74) is 3.29. The molecule has 0 aromatic heterocycles. The van der Waals surface area contributed by atoms with Crippen molar-refractivity contribution in [2.24, 2.45) is 0 Å². The molecule has 7 nitrogen and oxygen atoms in total. The Kier molecular flexibility index (Phi) is 7.56. The summed E-state index contributed by atoms with van der Waals surface area (Å²) in [7, 11) is 1.40. The van der Waals surface area contributed by atoms with E-state index < -0.39 is 6.61 Å². The van der Waals surface area contributed by atoms with Gasteiger partial charge in [-0.3, -0.25) is 14.5 Å². The number of methoxy groups -OCH3 is 1. The number of alkyl halides is 2. The normalized spacial score (nSPS) is 21.2. The van der Waals surface area contributed by atoms with E-state index in [0.717, 1.165) is 29.7 Å². The van der Waals surface area contributed by atoms with Crippen LogP contribution in [0.4, 0.5) is 14.5 Å². The Bertz CT molecular complexity index is 1200. The molecule has 2 aromatic carbocycles. The van der Waals surface area contributed by atoms with Crippen LogP contribution in [0.1, 0.15) is 62.1 Å². The molecule has 1 aliphatic carbocycles. The third kappa shape index (κ3) is 5.34. The monoisotopic (exact) mass is 528 g/mol. The molecule has 38 heavy (non-hydrogen) atoms. The Morgan fingerprint density at radius 1 is 1.03 bits per heavy atom. The SMILES string of the molecule is COC(=O)[C@@H]1CC[C@@H](C(=O)N2CCc3cc(OCc4ccc(C(C)C)cc4OC(F)F)ccc32)N1C1CC1. The molecule has 5 rings (SSSR count). The van der Waals surface area contributed by atoms with Crippen LogP contribution < -0.4 is 14.4 Å². The minimum absolute atomic E-state index is 0.0229. The first-order chi connectivity index (χ1) is 18.3. The molecule has 0 bridgehead atoms. The second kappa shape index (κ2) is 10.9. The predicted octanol–water partition coefficient (Wildman–Crippen LogP) is 5.05. The summed E-state index contributed by atoms with van der Waals surface area (Å²) >= 11 is 0. The van der Waals surface area contributed by atoms with E-state index in [-0.39, 0.29) is 48.3 Å². The van der Waals surface area contributed by atoms with E-state index in [2.05, 4.69) is 4.90 Å². The molecule has 0 N–H and O–H groups in total. The molecule has 2 aromatic rings. The van der Waals surface area contributed by atoms with Crippen molar-refractivity contribution < 1.29 is 32.6 Å². The number of ether oxygens (including phenoxy) is 3. The highest BCUT2D eigenvalue weighted by Crippen LogP contribution is 2.40. The van der Waals surface area contributed by atoms with Crippen LogP contribution in [0.25, 0.3) is 0 Å². The van der Waals surface area contributed by atoms with Gasteiger partial charge in [0.25, 0.3) is 0 Å².